The molecule has 1 aliphatic heterocycles. The molecule has 1 aromatic heterocycles. The molecule has 6 nitrogen and oxygen atoms in total. The Balaban J connectivity index is 1.53. The summed E-state index contributed by atoms with van der Waals surface area (Å²) in [6, 6.07) is 15.8. The monoisotopic (exact) mass is 488 g/mol. The number of halogens is 1. The van der Waals surface area contributed by atoms with E-state index in [0.29, 0.717) is 17.1 Å². The molecule has 2 amide bonds. The Bertz CT molecular complexity index is 1260. The van der Waals surface area contributed by atoms with Gasteiger partial charge in [0.1, 0.15) is 17.1 Å². The first kappa shape index (κ1) is 24.2. The zero-order valence-corrected chi connectivity index (χ0v) is 21.0. The number of amides is 2. The van der Waals surface area contributed by atoms with Crippen LogP contribution in [0.4, 0.5) is 10.1 Å². The first-order valence-electron chi connectivity index (χ1n) is 13.0. The fourth-order valence-electron chi connectivity index (χ4n) is 5.42. The Morgan fingerprint density at radius 3 is 2.47 bits per heavy atom. The third-order valence-corrected chi connectivity index (χ3v) is 7.56. The second kappa shape index (κ2) is 9.88. The lowest BCUT2D eigenvalue weighted by atomic mass is 9.93. The summed E-state index contributed by atoms with van der Waals surface area (Å²) < 4.78 is 15.9. The molecule has 1 fully saturated rings. The van der Waals surface area contributed by atoms with Crippen molar-refractivity contribution in [2.45, 2.75) is 76.9 Å². The van der Waals surface area contributed by atoms with Gasteiger partial charge in [0.25, 0.3) is 5.91 Å². The van der Waals surface area contributed by atoms with Gasteiger partial charge in [-0.2, -0.15) is 5.10 Å². The van der Waals surface area contributed by atoms with Gasteiger partial charge in [-0.05, 0) is 56.0 Å². The first-order chi connectivity index (χ1) is 17.4. The molecule has 3 aromatic rings. The average molecular weight is 489 g/mol. The number of anilines is 1. The summed E-state index contributed by atoms with van der Waals surface area (Å²) in [7, 11) is 0. The second-order valence-electron chi connectivity index (χ2n) is 10.2. The van der Waals surface area contributed by atoms with Crippen molar-refractivity contribution in [2.75, 3.05) is 4.90 Å². The quantitative estimate of drug-likeness (QED) is 0.482. The topological polar surface area (TPSA) is 67.2 Å². The molecule has 36 heavy (non-hydrogen) atoms. The molecular weight excluding hydrogens is 455 g/mol. The smallest absolute Gasteiger partial charge is 0.277 e. The summed E-state index contributed by atoms with van der Waals surface area (Å²) in [5.74, 6) is -1.06. The third kappa shape index (κ3) is 4.54. The molecule has 7 heteroatoms. The number of aryl methyl sites for hydroxylation is 1. The number of rotatable bonds is 5. The lowest BCUT2D eigenvalue weighted by Gasteiger charge is -2.43. The molecule has 0 bridgehead atoms. The van der Waals surface area contributed by atoms with E-state index in [2.05, 4.69) is 24.4 Å². The standard InChI is InChI=1S/C29H33FN4O2/c1-3-20-13-15-21(16-14-20)25-18-26-27(35)34(24-12-8-9-22(30)17-24)29(2,19-33(26)32-25)28(36)31-23-10-6-4-5-7-11-23/h8-9,12-18,23H,3-7,10-11,19H2,1-2H3,(H,31,36)/t29-/m1/s1. The molecule has 0 spiro atoms. The van der Waals surface area contributed by atoms with Crippen LogP contribution < -0.4 is 10.2 Å². The Labute approximate surface area is 211 Å². The van der Waals surface area contributed by atoms with E-state index in [-0.39, 0.29) is 24.4 Å². The van der Waals surface area contributed by atoms with E-state index in [1.165, 1.54) is 35.4 Å². The van der Waals surface area contributed by atoms with Gasteiger partial charge in [0.05, 0.1) is 12.2 Å². The maximum atomic E-state index is 14.2. The zero-order chi connectivity index (χ0) is 25.3. The van der Waals surface area contributed by atoms with Crippen molar-refractivity contribution in [2.24, 2.45) is 0 Å². The van der Waals surface area contributed by atoms with E-state index in [4.69, 9.17) is 5.10 Å². The van der Waals surface area contributed by atoms with Gasteiger partial charge in [-0.3, -0.25) is 19.2 Å². The predicted molar refractivity (Wildman–Crippen MR) is 138 cm³/mol. The molecule has 0 saturated heterocycles. The van der Waals surface area contributed by atoms with E-state index in [0.717, 1.165) is 37.7 Å². The van der Waals surface area contributed by atoms with Crippen LogP contribution in [0, 0.1) is 5.82 Å². The van der Waals surface area contributed by atoms with Crippen LogP contribution in [-0.4, -0.2) is 33.2 Å². The number of fused-ring (bicyclic) bond motifs is 1. The van der Waals surface area contributed by atoms with Gasteiger partial charge in [0.15, 0.2) is 0 Å². The number of hydrogen-bond donors (Lipinski definition) is 1. The van der Waals surface area contributed by atoms with E-state index < -0.39 is 11.4 Å². The van der Waals surface area contributed by atoms with Gasteiger partial charge in [-0.15, -0.1) is 0 Å². The van der Waals surface area contributed by atoms with Gasteiger partial charge in [0, 0.05) is 17.3 Å². The van der Waals surface area contributed by atoms with Crippen LogP contribution in [0.15, 0.2) is 54.6 Å². The van der Waals surface area contributed by atoms with Crippen molar-refractivity contribution >= 4 is 17.5 Å². The number of carbonyl (C=O) groups is 2. The predicted octanol–water partition coefficient (Wildman–Crippen LogP) is 5.51. The van der Waals surface area contributed by atoms with Gasteiger partial charge in [0.2, 0.25) is 5.91 Å². The Hall–Kier alpha value is -3.48. The lowest BCUT2D eigenvalue weighted by Crippen LogP contribution is -2.65. The number of nitrogens with zero attached hydrogens (tertiary/aromatic N) is 3. The van der Waals surface area contributed by atoms with E-state index in [1.54, 1.807) is 29.8 Å². The number of benzene rings is 2. The Morgan fingerprint density at radius 1 is 1.08 bits per heavy atom. The van der Waals surface area contributed by atoms with Crippen LogP contribution in [0.5, 0.6) is 0 Å². The van der Waals surface area contributed by atoms with Crippen LogP contribution >= 0.6 is 0 Å². The highest BCUT2D eigenvalue weighted by atomic mass is 19.1. The Kier molecular flexibility index (Phi) is 6.65. The molecule has 0 radical (unpaired) electrons. The van der Waals surface area contributed by atoms with Crippen LogP contribution in [0.25, 0.3) is 11.3 Å². The second-order valence-corrected chi connectivity index (χ2v) is 10.2. The van der Waals surface area contributed by atoms with Gasteiger partial charge in [-0.25, -0.2) is 4.39 Å². The summed E-state index contributed by atoms with van der Waals surface area (Å²) in [4.78, 5) is 29.2. The minimum absolute atomic E-state index is 0.0768. The van der Waals surface area contributed by atoms with Crippen molar-refractivity contribution in [1.29, 1.82) is 0 Å². The molecule has 5 rings (SSSR count). The van der Waals surface area contributed by atoms with Crippen LogP contribution in [0.2, 0.25) is 0 Å². The van der Waals surface area contributed by atoms with Gasteiger partial charge >= 0.3 is 0 Å². The molecule has 2 aromatic carbocycles. The molecule has 2 heterocycles. The van der Waals surface area contributed by atoms with Crippen molar-refractivity contribution < 1.29 is 14.0 Å². The maximum absolute atomic E-state index is 14.2. The van der Waals surface area contributed by atoms with Crippen molar-refractivity contribution in [3.63, 3.8) is 0 Å². The van der Waals surface area contributed by atoms with E-state index >= 15 is 0 Å². The minimum Gasteiger partial charge on any atom is -0.351 e. The number of nitrogens with one attached hydrogen (secondary N) is 1. The molecule has 1 aliphatic carbocycles. The highest BCUT2D eigenvalue weighted by Crippen LogP contribution is 2.35. The van der Waals surface area contributed by atoms with E-state index in [1.807, 2.05) is 12.1 Å². The molecular formula is C29H33FN4O2. The summed E-state index contributed by atoms with van der Waals surface area (Å²) in [6.45, 7) is 4.03. The molecule has 188 valence electrons. The van der Waals surface area contributed by atoms with Crippen molar-refractivity contribution in [1.82, 2.24) is 15.1 Å². The van der Waals surface area contributed by atoms with E-state index in [9.17, 15) is 14.0 Å². The van der Waals surface area contributed by atoms with Crippen molar-refractivity contribution in [3.05, 3.63) is 71.7 Å². The number of aromatic nitrogens is 2. The fourth-order valence-corrected chi connectivity index (χ4v) is 5.42. The van der Waals surface area contributed by atoms with Crippen LogP contribution in [0.3, 0.4) is 0 Å². The molecule has 1 N–H and O–H groups in total. The highest BCUT2D eigenvalue weighted by molar-refractivity contribution is 6.12. The summed E-state index contributed by atoms with van der Waals surface area (Å²) in [6.07, 6.45) is 7.32. The minimum atomic E-state index is -1.26. The van der Waals surface area contributed by atoms with Crippen LogP contribution in [0.1, 0.15) is 68.4 Å². The molecule has 0 unspecified atom stereocenters. The SMILES string of the molecule is CCc1ccc(-c2cc3n(n2)C[C@](C)(C(=O)NC2CCCCCC2)N(c2cccc(F)c2)C3=O)cc1. The first-order valence-corrected chi connectivity index (χ1v) is 13.0. The largest absolute Gasteiger partial charge is 0.351 e. The summed E-state index contributed by atoms with van der Waals surface area (Å²) >= 11 is 0. The maximum Gasteiger partial charge on any atom is 0.277 e. The van der Waals surface area contributed by atoms with Crippen molar-refractivity contribution in [3.8, 4) is 11.3 Å². The lowest BCUT2D eigenvalue weighted by molar-refractivity contribution is -0.127. The van der Waals surface area contributed by atoms with Crippen LogP contribution in [-0.2, 0) is 17.8 Å². The average Bonchev–Trinajstić information content (AvgIpc) is 3.12. The summed E-state index contributed by atoms with van der Waals surface area (Å²) in [5, 5.41) is 7.95. The zero-order valence-electron chi connectivity index (χ0n) is 21.0. The Morgan fingerprint density at radius 2 is 1.81 bits per heavy atom. The third-order valence-electron chi connectivity index (χ3n) is 7.56. The molecule has 2 aliphatic rings. The summed E-state index contributed by atoms with van der Waals surface area (Å²) in [5.41, 5.74) is 2.28. The molecule has 1 atom stereocenters. The normalized spacial score (nSPS) is 20.6. The number of carbonyl (C=O) groups excluding carboxylic acids is 2. The molecule has 1 saturated carbocycles. The van der Waals surface area contributed by atoms with Gasteiger partial charge in [-0.1, -0.05) is 62.9 Å². The number of hydrogen-bond acceptors (Lipinski definition) is 3. The highest BCUT2D eigenvalue weighted by Gasteiger charge is 2.49. The van der Waals surface area contributed by atoms with Gasteiger partial charge < -0.3 is 5.32 Å². The fraction of sp³-hybridized carbons (Fsp3) is 0.414.